The summed E-state index contributed by atoms with van der Waals surface area (Å²) in [6.07, 6.45) is 6.77. The van der Waals surface area contributed by atoms with Crippen LogP contribution < -0.4 is 4.80 Å². The maximum absolute atomic E-state index is 13.0. The zero-order chi connectivity index (χ0) is 23.6. The lowest BCUT2D eigenvalue weighted by atomic mass is 9.96. The van der Waals surface area contributed by atoms with E-state index in [9.17, 15) is 13.2 Å². The molecule has 1 aliphatic carbocycles. The molecule has 0 bridgehead atoms. The van der Waals surface area contributed by atoms with Crippen LogP contribution in [-0.2, 0) is 16.6 Å². The van der Waals surface area contributed by atoms with E-state index < -0.39 is 15.9 Å². The first-order valence-corrected chi connectivity index (χ1v) is 13.5. The molecule has 4 rings (SSSR count). The van der Waals surface area contributed by atoms with E-state index in [4.69, 9.17) is 11.6 Å². The van der Waals surface area contributed by atoms with Gasteiger partial charge in [0.15, 0.2) is 4.80 Å². The number of benzene rings is 2. The van der Waals surface area contributed by atoms with E-state index in [1.165, 1.54) is 39.9 Å². The number of sulfonamides is 1. The summed E-state index contributed by atoms with van der Waals surface area (Å²) in [7, 11) is -1.97. The number of carbonyl (C=O) groups excluding carboxylic acids is 1. The summed E-state index contributed by atoms with van der Waals surface area (Å²) in [5.41, 5.74) is 1.25. The zero-order valence-electron chi connectivity index (χ0n) is 18.4. The molecular weight excluding hydrogens is 478 g/mol. The van der Waals surface area contributed by atoms with Crippen molar-refractivity contribution in [3.63, 3.8) is 0 Å². The third-order valence-corrected chi connectivity index (χ3v) is 9.22. The minimum atomic E-state index is -3.61. The number of carbonyl (C=O) groups is 1. The molecule has 33 heavy (non-hydrogen) atoms. The number of hydrogen-bond donors (Lipinski definition) is 0. The molecule has 1 heterocycles. The number of amides is 1. The van der Waals surface area contributed by atoms with Crippen LogP contribution in [0.1, 0.15) is 42.5 Å². The second-order valence-electron chi connectivity index (χ2n) is 8.15. The number of hydrogen-bond acceptors (Lipinski definition) is 4. The van der Waals surface area contributed by atoms with Gasteiger partial charge in [0.05, 0.1) is 15.1 Å². The summed E-state index contributed by atoms with van der Waals surface area (Å²) in [5.74, 6) is -0.435. The molecule has 0 radical (unpaired) electrons. The Morgan fingerprint density at radius 1 is 1.21 bits per heavy atom. The van der Waals surface area contributed by atoms with E-state index in [1.54, 1.807) is 19.2 Å². The lowest BCUT2D eigenvalue weighted by Crippen LogP contribution is -2.38. The SMILES string of the molecule is C=CCn1c(=NC(=O)c2ccc(S(=O)(=O)N(C)C3CCCCC3)cc2)sc2cc(Cl)ccc21. The molecule has 1 fully saturated rings. The predicted octanol–water partition coefficient (Wildman–Crippen LogP) is 5.24. The predicted molar refractivity (Wildman–Crippen MR) is 133 cm³/mol. The molecule has 174 valence electrons. The molecule has 3 aromatic rings. The van der Waals surface area contributed by atoms with Crippen LogP contribution in [0.15, 0.2) is 65.0 Å². The monoisotopic (exact) mass is 503 g/mol. The van der Waals surface area contributed by atoms with Crippen molar-refractivity contribution in [3.8, 4) is 0 Å². The average Bonchev–Trinajstić information content (AvgIpc) is 3.15. The first-order valence-electron chi connectivity index (χ1n) is 10.9. The molecule has 1 amide bonds. The van der Waals surface area contributed by atoms with E-state index in [2.05, 4.69) is 11.6 Å². The van der Waals surface area contributed by atoms with Crippen LogP contribution in [0.4, 0.5) is 0 Å². The highest BCUT2D eigenvalue weighted by Gasteiger charge is 2.29. The van der Waals surface area contributed by atoms with Crippen LogP contribution in [0, 0.1) is 0 Å². The Morgan fingerprint density at radius 2 is 1.91 bits per heavy atom. The zero-order valence-corrected chi connectivity index (χ0v) is 20.8. The molecule has 0 saturated heterocycles. The molecule has 6 nitrogen and oxygen atoms in total. The molecular formula is C24H26ClN3O3S2. The lowest BCUT2D eigenvalue weighted by Gasteiger charge is -2.30. The van der Waals surface area contributed by atoms with Crippen LogP contribution in [-0.4, -0.2) is 36.3 Å². The van der Waals surface area contributed by atoms with E-state index in [0.29, 0.717) is 21.9 Å². The van der Waals surface area contributed by atoms with Crippen molar-refractivity contribution in [2.45, 2.75) is 49.6 Å². The summed E-state index contributed by atoms with van der Waals surface area (Å²) >= 11 is 7.48. The number of aromatic nitrogens is 1. The van der Waals surface area contributed by atoms with Crippen molar-refractivity contribution >= 4 is 49.1 Å². The highest BCUT2D eigenvalue weighted by molar-refractivity contribution is 7.89. The summed E-state index contributed by atoms with van der Waals surface area (Å²) < 4.78 is 30.4. The van der Waals surface area contributed by atoms with Gasteiger partial charge < -0.3 is 4.57 Å². The fourth-order valence-corrected chi connectivity index (χ4v) is 6.90. The van der Waals surface area contributed by atoms with Crippen molar-refractivity contribution in [1.29, 1.82) is 0 Å². The van der Waals surface area contributed by atoms with Crippen molar-refractivity contribution in [2.75, 3.05) is 7.05 Å². The second kappa shape index (κ2) is 9.93. The molecule has 0 atom stereocenters. The normalized spacial score (nSPS) is 15.9. The number of nitrogens with zero attached hydrogens (tertiary/aromatic N) is 3. The molecule has 1 aliphatic rings. The fraction of sp³-hybridized carbons (Fsp3) is 0.333. The van der Waals surface area contributed by atoms with Gasteiger partial charge in [-0.2, -0.15) is 9.30 Å². The summed E-state index contributed by atoms with van der Waals surface area (Å²) in [6.45, 7) is 4.29. The van der Waals surface area contributed by atoms with Crippen LogP contribution in [0.5, 0.6) is 0 Å². The van der Waals surface area contributed by atoms with Gasteiger partial charge in [0.25, 0.3) is 5.91 Å². The van der Waals surface area contributed by atoms with Crippen molar-refractivity contribution < 1.29 is 13.2 Å². The highest BCUT2D eigenvalue weighted by atomic mass is 35.5. The minimum absolute atomic E-state index is 0.0295. The van der Waals surface area contributed by atoms with Crippen molar-refractivity contribution in [2.24, 2.45) is 4.99 Å². The third-order valence-electron chi connectivity index (χ3n) is 6.02. The lowest BCUT2D eigenvalue weighted by molar-refractivity contribution is 0.0997. The van der Waals surface area contributed by atoms with Gasteiger partial charge in [0.2, 0.25) is 10.0 Å². The summed E-state index contributed by atoms with van der Waals surface area (Å²) in [6, 6.07) is 11.6. The molecule has 0 unspecified atom stereocenters. The molecule has 9 heteroatoms. The largest absolute Gasteiger partial charge is 0.312 e. The van der Waals surface area contributed by atoms with Gasteiger partial charge in [-0.25, -0.2) is 8.42 Å². The Kier molecular flexibility index (Phi) is 7.19. The van der Waals surface area contributed by atoms with Crippen molar-refractivity contribution in [1.82, 2.24) is 8.87 Å². The number of rotatable bonds is 6. The van der Waals surface area contributed by atoms with Gasteiger partial charge >= 0.3 is 0 Å². The number of allylic oxidation sites excluding steroid dienone is 1. The molecule has 1 aromatic heterocycles. The van der Waals surface area contributed by atoms with E-state index in [1.807, 2.05) is 16.7 Å². The van der Waals surface area contributed by atoms with Crippen molar-refractivity contribution in [3.05, 3.63) is 70.5 Å². The summed E-state index contributed by atoms with van der Waals surface area (Å²) in [5, 5.41) is 0.613. The first kappa shape index (κ1) is 23.9. The maximum atomic E-state index is 13.0. The van der Waals surface area contributed by atoms with Crippen LogP contribution in [0.3, 0.4) is 0 Å². The van der Waals surface area contributed by atoms with Gasteiger partial charge in [0, 0.05) is 30.2 Å². The maximum Gasteiger partial charge on any atom is 0.279 e. The topological polar surface area (TPSA) is 71.7 Å². The van der Waals surface area contributed by atoms with Gasteiger partial charge in [-0.05, 0) is 55.3 Å². The standard InChI is InChI=1S/C24H26ClN3O3S2/c1-3-15-28-21-14-11-18(25)16-22(21)32-24(28)26-23(29)17-9-12-20(13-10-17)33(30,31)27(2)19-7-5-4-6-8-19/h3,9-14,16,19H,1,4-8,15H2,2H3. The van der Waals surface area contributed by atoms with Crippen LogP contribution in [0.2, 0.25) is 5.02 Å². The fourth-order valence-electron chi connectivity index (χ4n) is 4.17. The Labute approximate surface area is 202 Å². The van der Waals surface area contributed by atoms with Gasteiger partial charge in [-0.1, -0.05) is 48.3 Å². The van der Waals surface area contributed by atoms with Gasteiger partial charge in [-0.15, -0.1) is 6.58 Å². The van der Waals surface area contributed by atoms with Crippen LogP contribution in [0.25, 0.3) is 10.2 Å². The number of fused-ring (bicyclic) bond motifs is 1. The first-order chi connectivity index (χ1) is 15.8. The van der Waals surface area contributed by atoms with E-state index in [-0.39, 0.29) is 10.9 Å². The van der Waals surface area contributed by atoms with Gasteiger partial charge in [-0.3, -0.25) is 4.79 Å². The molecule has 0 aliphatic heterocycles. The number of halogens is 1. The van der Waals surface area contributed by atoms with E-state index in [0.717, 1.165) is 42.3 Å². The molecule has 0 N–H and O–H groups in total. The Morgan fingerprint density at radius 3 is 2.58 bits per heavy atom. The third kappa shape index (κ3) is 4.99. The summed E-state index contributed by atoms with van der Waals surface area (Å²) in [4.78, 5) is 17.9. The number of thiazole rings is 1. The Bertz CT molecular complexity index is 1350. The molecule has 1 saturated carbocycles. The second-order valence-corrected chi connectivity index (χ2v) is 11.6. The quantitative estimate of drug-likeness (QED) is 0.432. The molecule has 0 spiro atoms. The molecule has 2 aromatic carbocycles. The smallest absolute Gasteiger partial charge is 0.279 e. The Hall–Kier alpha value is -2.26. The Balaban J connectivity index is 1.62. The van der Waals surface area contributed by atoms with Gasteiger partial charge in [0.1, 0.15) is 0 Å². The minimum Gasteiger partial charge on any atom is -0.312 e. The highest BCUT2D eigenvalue weighted by Crippen LogP contribution is 2.27. The van der Waals surface area contributed by atoms with Crippen LogP contribution >= 0.6 is 22.9 Å². The van der Waals surface area contributed by atoms with E-state index >= 15 is 0 Å². The average molecular weight is 504 g/mol.